The van der Waals surface area contributed by atoms with E-state index in [-0.39, 0.29) is 11.3 Å². The first kappa shape index (κ1) is 19.6. The molecule has 1 amide bonds. The molecule has 1 atom stereocenters. The highest BCUT2D eigenvalue weighted by Crippen LogP contribution is 2.31. The first-order valence-corrected chi connectivity index (χ1v) is 8.61. The monoisotopic (exact) mass is 360 g/mol. The summed E-state index contributed by atoms with van der Waals surface area (Å²) >= 11 is 0. The number of hydrogen-bond donors (Lipinski definition) is 1. The highest BCUT2D eigenvalue weighted by molar-refractivity contribution is 5.95. The molecule has 0 bridgehead atoms. The van der Waals surface area contributed by atoms with E-state index < -0.39 is 23.5 Å². The first-order valence-electron chi connectivity index (χ1n) is 8.61. The molecule has 0 aromatic heterocycles. The van der Waals surface area contributed by atoms with Crippen molar-refractivity contribution in [3.05, 3.63) is 23.8 Å². The van der Waals surface area contributed by atoms with Gasteiger partial charge in [-0.15, -0.1) is 0 Å². The van der Waals surface area contributed by atoms with Crippen LogP contribution in [-0.4, -0.2) is 37.7 Å². The van der Waals surface area contributed by atoms with Crippen LogP contribution in [0.3, 0.4) is 0 Å². The van der Waals surface area contributed by atoms with E-state index >= 15 is 0 Å². The second kappa shape index (κ2) is 8.56. The van der Waals surface area contributed by atoms with Gasteiger partial charge >= 0.3 is 5.97 Å². The molecular weight excluding hydrogens is 336 g/mol. The molecule has 7 nitrogen and oxygen atoms in total. The van der Waals surface area contributed by atoms with Crippen molar-refractivity contribution >= 4 is 11.9 Å². The van der Waals surface area contributed by atoms with E-state index in [1.807, 2.05) is 0 Å². The molecule has 1 aliphatic carbocycles. The number of methoxy groups -OCH3 is 2. The van der Waals surface area contributed by atoms with Crippen LogP contribution < -0.4 is 14.8 Å². The number of benzene rings is 1. The number of hydrogen-bond acceptors (Lipinski definition) is 6. The molecule has 26 heavy (non-hydrogen) atoms. The summed E-state index contributed by atoms with van der Waals surface area (Å²) in [7, 11) is 2.89. The molecule has 0 radical (unpaired) electrons. The number of ether oxygens (including phenoxy) is 3. The molecule has 1 saturated carbocycles. The maximum absolute atomic E-state index is 12.4. The van der Waals surface area contributed by atoms with Crippen LogP contribution in [0, 0.1) is 11.3 Å². The van der Waals surface area contributed by atoms with E-state index in [1.54, 1.807) is 12.1 Å². The fraction of sp³-hybridized carbons (Fsp3) is 0.526. The van der Waals surface area contributed by atoms with E-state index in [2.05, 4.69) is 11.4 Å². The zero-order valence-corrected chi connectivity index (χ0v) is 15.3. The van der Waals surface area contributed by atoms with Gasteiger partial charge in [0, 0.05) is 0 Å². The minimum atomic E-state index is -1.04. The molecule has 0 spiro atoms. The van der Waals surface area contributed by atoms with Gasteiger partial charge in [0.05, 0.1) is 20.3 Å². The summed E-state index contributed by atoms with van der Waals surface area (Å²) in [4.78, 5) is 24.9. The van der Waals surface area contributed by atoms with Gasteiger partial charge in [0.1, 0.15) is 11.1 Å². The summed E-state index contributed by atoms with van der Waals surface area (Å²) in [6.07, 6.45) is 3.02. The molecular formula is C19H24N2O5. The quantitative estimate of drug-likeness (QED) is 0.783. The zero-order valence-electron chi connectivity index (χ0n) is 15.3. The minimum Gasteiger partial charge on any atom is -0.493 e. The lowest BCUT2D eigenvalue weighted by Gasteiger charge is -2.32. The predicted molar refractivity (Wildman–Crippen MR) is 94.0 cm³/mol. The Morgan fingerprint density at radius 1 is 1.19 bits per heavy atom. The maximum atomic E-state index is 12.4. The van der Waals surface area contributed by atoms with Crippen molar-refractivity contribution in [2.45, 2.75) is 50.7 Å². The lowest BCUT2D eigenvalue weighted by molar-refractivity contribution is -0.130. The normalized spacial score (nSPS) is 16.7. The van der Waals surface area contributed by atoms with Gasteiger partial charge in [-0.1, -0.05) is 25.3 Å². The fourth-order valence-electron chi connectivity index (χ4n) is 3.08. The topological polar surface area (TPSA) is 97.6 Å². The Bertz CT molecular complexity index is 704. The Kier molecular flexibility index (Phi) is 6.45. The molecule has 1 aromatic carbocycles. The largest absolute Gasteiger partial charge is 0.493 e. The van der Waals surface area contributed by atoms with E-state index in [0.717, 1.165) is 19.3 Å². The molecule has 1 aliphatic rings. The van der Waals surface area contributed by atoms with Gasteiger partial charge in [-0.05, 0) is 31.9 Å². The molecule has 140 valence electrons. The van der Waals surface area contributed by atoms with Crippen LogP contribution in [0.25, 0.3) is 0 Å². The van der Waals surface area contributed by atoms with Crippen LogP contribution in [-0.2, 0) is 9.53 Å². The standard InChI is InChI=1S/C19H24N2O5/c1-13(17(22)21-19(12-20)10-5-4-6-11-19)26-18(23)14-8-7-9-15(24-2)16(14)25-3/h7-9,13H,4-6,10-11H2,1-3H3,(H,21,22)/t13-/m1/s1. The first-order chi connectivity index (χ1) is 12.5. The number of carbonyl (C=O) groups excluding carboxylic acids is 2. The highest BCUT2D eigenvalue weighted by Gasteiger charge is 2.35. The molecule has 1 N–H and O–H groups in total. The second-order valence-electron chi connectivity index (χ2n) is 6.33. The number of carbonyl (C=O) groups is 2. The molecule has 0 aliphatic heterocycles. The second-order valence-corrected chi connectivity index (χ2v) is 6.33. The smallest absolute Gasteiger partial charge is 0.342 e. The van der Waals surface area contributed by atoms with Crippen molar-refractivity contribution in [2.75, 3.05) is 14.2 Å². The fourth-order valence-corrected chi connectivity index (χ4v) is 3.08. The third-order valence-electron chi connectivity index (χ3n) is 4.56. The van der Waals surface area contributed by atoms with Crippen LogP contribution in [0.4, 0.5) is 0 Å². The minimum absolute atomic E-state index is 0.166. The Hall–Kier alpha value is -2.75. The Morgan fingerprint density at radius 3 is 2.46 bits per heavy atom. The summed E-state index contributed by atoms with van der Waals surface area (Å²) in [5.74, 6) is -0.542. The third kappa shape index (κ3) is 4.26. The van der Waals surface area contributed by atoms with E-state index in [0.29, 0.717) is 18.6 Å². The Labute approximate surface area is 153 Å². The average molecular weight is 360 g/mol. The number of nitrogens with one attached hydrogen (secondary N) is 1. The summed E-state index contributed by atoms with van der Waals surface area (Å²) in [6.45, 7) is 1.48. The van der Waals surface area contributed by atoms with Crippen molar-refractivity contribution < 1.29 is 23.8 Å². The van der Waals surface area contributed by atoms with Gasteiger partial charge in [0.2, 0.25) is 0 Å². The van der Waals surface area contributed by atoms with Gasteiger partial charge in [-0.2, -0.15) is 5.26 Å². The summed E-state index contributed by atoms with van der Waals surface area (Å²) in [5, 5.41) is 12.2. The van der Waals surface area contributed by atoms with Crippen LogP contribution in [0.15, 0.2) is 18.2 Å². The Balaban J connectivity index is 2.07. The number of nitrogens with zero attached hydrogens (tertiary/aromatic N) is 1. The number of para-hydroxylation sites is 1. The molecule has 0 heterocycles. The Morgan fingerprint density at radius 2 is 1.88 bits per heavy atom. The zero-order chi connectivity index (χ0) is 19.2. The number of esters is 1. The molecule has 2 rings (SSSR count). The lowest BCUT2D eigenvalue weighted by atomic mass is 9.83. The predicted octanol–water partition coefficient (Wildman–Crippen LogP) is 2.59. The molecule has 7 heteroatoms. The number of rotatable bonds is 6. The number of nitriles is 1. The van der Waals surface area contributed by atoms with Gasteiger partial charge in [-0.3, -0.25) is 4.79 Å². The van der Waals surface area contributed by atoms with Crippen LogP contribution in [0.2, 0.25) is 0 Å². The van der Waals surface area contributed by atoms with Gasteiger partial charge in [-0.25, -0.2) is 4.79 Å². The van der Waals surface area contributed by atoms with Crippen molar-refractivity contribution in [2.24, 2.45) is 0 Å². The highest BCUT2D eigenvalue weighted by atomic mass is 16.6. The van der Waals surface area contributed by atoms with Crippen molar-refractivity contribution in [3.63, 3.8) is 0 Å². The van der Waals surface area contributed by atoms with E-state index in [1.165, 1.54) is 27.2 Å². The maximum Gasteiger partial charge on any atom is 0.342 e. The molecule has 0 saturated heterocycles. The summed E-state index contributed by atoms with van der Waals surface area (Å²) in [6, 6.07) is 7.04. The van der Waals surface area contributed by atoms with Crippen molar-refractivity contribution in [1.82, 2.24) is 5.32 Å². The van der Waals surface area contributed by atoms with Crippen molar-refractivity contribution in [1.29, 1.82) is 5.26 Å². The molecule has 1 aromatic rings. The van der Waals surface area contributed by atoms with Gasteiger partial charge in [0.25, 0.3) is 5.91 Å². The molecule has 1 fully saturated rings. The third-order valence-corrected chi connectivity index (χ3v) is 4.56. The summed E-state index contributed by atoms with van der Waals surface area (Å²) < 4.78 is 15.7. The molecule has 0 unspecified atom stereocenters. The SMILES string of the molecule is COc1cccc(C(=O)O[C@H](C)C(=O)NC2(C#N)CCCCC2)c1OC. The lowest BCUT2D eigenvalue weighted by Crippen LogP contribution is -2.52. The van der Waals surface area contributed by atoms with Gasteiger partial charge in [0.15, 0.2) is 17.6 Å². The van der Waals surface area contributed by atoms with Crippen LogP contribution >= 0.6 is 0 Å². The summed E-state index contributed by atoms with van der Waals surface area (Å²) in [5.41, 5.74) is -0.705. The van der Waals surface area contributed by atoms with Gasteiger partial charge < -0.3 is 19.5 Å². The van der Waals surface area contributed by atoms with Crippen LogP contribution in [0.5, 0.6) is 11.5 Å². The average Bonchev–Trinajstić information content (AvgIpc) is 2.67. The number of amides is 1. The van der Waals surface area contributed by atoms with E-state index in [4.69, 9.17) is 14.2 Å². The van der Waals surface area contributed by atoms with E-state index in [9.17, 15) is 14.9 Å². The van der Waals surface area contributed by atoms with Crippen LogP contribution in [0.1, 0.15) is 49.4 Å². The van der Waals surface area contributed by atoms with Crippen molar-refractivity contribution in [3.8, 4) is 17.6 Å².